The summed E-state index contributed by atoms with van der Waals surface area (Å²) in [6.45, 7) is 1.89. The number of anilines is 2. The zero-order valence-electron chi connectivity index (χ0n) is 12.7. The maximum Gasteiger partial charge on any atom is 0.268 e. The molecular formula is C16H22F3N3. The number of nitrogens with zero attached hydrogens (tertiary/aromatic N) is 1. The quantitative estimate of drug-likeness (QED) is 0.492. The molecule has 2 fully saturated rings. The molecule has 0 bridgehead atoms. The van der Waals surface area contributed by atoms with Crippen LogP contribution in [0.15, 0.2) is 6.07 Å². The third kappa shape index (κ3) is 2.43. The summed E-state index contributed by atoms with van der Waals surface area (Å²) in [6, 6.07) is 1.38. The van der Waals surface area contributed by atoms with Gasteiger partial charge < -0.3 is 10.7 Å². The molecule has 0 aromatic heterocycles. The predicted octanol–water partition coefficient (Wildman–Crippen LogP) is 3.91. The number of alkyl halides is 2. The van der Waals surface area contributed by atoms with Crippen molar-refractivity contribution in [3.05, 3.63) is 23.0 Å². The molecule has 0 unspecified atom stereocenters. The molecule has 2 aliphatic carbocycles. The summed E-state index contributed by atoms with van der Waals surface area (Å²) >= 11 is 0. The third-order valence-corrected chi connectivity index (χ3v) is 5.27. The molecule has 3 rings (SSSR count). The van der Waals surface area contributed by atoms with E-state index in [1.54, 1.807) is 0 Å². The first kappa shape index (κ1) is 15.5. The van der Waals surface area contributed by atoms with E-state index in [1.165, 1.54) is 30.8 Å². The highest BCUT2D eigenvalue weighted by atomic mass is 19.3. The van der Waals surface area contributed by atoms with Crippen molar-refractivity contribution in [1.29, 1.82) is 0 Å². The third-order valence-electron chi connectivity index (χ3n) is 5.27. The molecule has 0 radical (unpaired) electrons. The van der Waals surface area contributed by atoms with Crippen molar-refractivity contribution in [3.63, 3.8) is 0 Å². The van der Waals surface area contributed by atoms with E-state index >= 15 is 0 Å². The number of benzene rings is 1. The summed E-state index contributed by atoms with van der Waals surface area (Å²) < 4.78 is 40.8. The van der Waals surface area contributed by atoms with Gasteiger partial charge in [-0.2, -0.15) is 0 Å². The Labute approximate surface area is 128 Å². The molecule has 1 aromatic carbocycles. The van der Waals surface area contributed by atoms with Crippen LogP contribution in [0.3, 0.4) is 0 Å². The van der Waals surface area contributed by atoms with Gasteiger partial charge in [0.2, 0.25) is 0 Å². The van der Waals surface area contributed by atoms with Crippen LogP contribution in [-0.2, 0) is 0 Å². The second kappa shape index (κ2) is 5.33. The lowest BCUT2D eigenvalue weighted by atomic mass is 9.65. The fourth-order valence-electron chi connectivity index (χ4n) is 3.80. The second-order valence-corrected chi connectivity index (χ2v) is 6.78. The molecule has 122 valence electrons. The molecule has 2 saturated carbocycles. The van der Waals surface area contributed by atoms with E-state index in [1.807, 2.05) is 0 Å². The SMILES string of the molecule is Cc1cc(N)c(N(N)CC2(C3CC3)CCC2)c(C(F)F)c1F. The average molecular weight is 313 g/mol. The average Bonchev–Trinajstić information content (AvgIpc) is 3.21. The van der Waals surface area contributed by atoms with Crippen LogP contribution in [0.1, 0.15) is 49.7 Å². The maximum atomic E-state index is 14.1. The van der Waals surface area contributed by atoms with Crippen molar-refractivity contribution >= 4 is 11.4 Å². The van der Waals surface area contributed by atoms with Crippen LogP contribution in [0.4, 0.5) is 24.5 Å². The van der Waals surface area contributed by atoms with Crippen LogP contribution in [0.5, 0.6) is 0 Å². The van der Waals surface area contributed by atoms with E-state index in [9.17, 15) is 13.2 Å². The van der Waals surface area contributed by atoms with Crippen molar-refractivity contribution in [2.45, 2.75) is 45.5 Å². The molecular weight excluding hydrogens is 291 g/mol. The summed E-state index contributed by atoms with van der Waals surface area (Å²) in [6.07, 6.45) is 2.67. The molecule has 0 saturated heterocycles. The predicted molar refractivity (Wildman–Crippen MR) is 81.0 cm³/mol. The number of hydrogen-bond donors (Lipinski definition) is 2. The minimum Gasteiger partial charge on any atom is -0.397 e. The van der Waals surface area contributed by atoms with Crippen LogP contribution in [0.25, 0.3) is 0 Å². The molecule has 0 spiro atoms. The summed E-state index contributed by atoms with van der Waals surface area (Å²) in [5.74, 6) is 5.78. The monoisotopic (exact) mass is 313 g/mol. The van der Waals surface area contributed by atoms with E-state index in [0.29, 0.717) is 12.5 Å². The van der Waals surface area contributed by atoms with Gasteiger partial charge in [0.15, 0.2) is 0 Å². The maximum absolute atomic E-state index is 14.1. The number of nitrogen functional groups attached to an aromatic ring is 1. The minimum atomic E-state index is -2.94. The fraction of sp³-hybridized carbons (Fsp3) is 0.625. The van der Waals surface area contributed by atoms with Crippen LogP contribution in [-0.4, -0.2) is 6.54 Å². The standard InChI is InChI=1S/C16H22F3N3/c1-9-7-11(20)14(12(13(9)17)15(18)19)22(21)8-16(5-2-6-16)10-3-4-10/h7,10,15H,2-6,8,20-21H2,1H3. The summed E-state index contributed by atoms with van der Waals surface area (Å²) in [5.41, 5.74) is 5.48. The largest absolute Gasteiger partial charge is 0.397 e. The Kier molecular flexibility index (Phi) is 3.75. The van der Waals surface area contributed by atoms with Crippen LogP contribution >= 0.6 is 0 Å². The molecule has 3 nitrogen and oxygen atoms in total. The molecule has 1 aromatic rings. The van der Waals surface area contributed by atoms with Gasteiger partial charge >= 0.3 is 0 Å². The lowest BCUT2D eigenvalue weighted by Gasteiger charge is -2.45. The lowest BCUT2D eigenvalue weighted by Crippen LogP contribution is -2.47. The first-order valence-electron chi connectivity index (χ1n) is 7.74. The Morgan fingerprint density at radius 1 is 1.36 bits per heavy atom. The van der Waals surface area contributed by atoms with Crippen molar-refractivity contribution in [2.75, 3.05) is 17.3 Å². The Morgan fingerprint density at radius 3 is 2.45 bits per heavy atom. The van der Waals surface area contributed by atoms with Gasteiger partial charge in [0.1, 0.15) is 5.82 Å². The van der Waals surface area contributed by atoms with Crippen LogP contribution in [0.2, 0.25) is 0 Å². The lowest BCUT2D eigenvalue weighted by molar-refractivity contribution is 0.108. The number of hydrazine groups is 1. The van der Waals surface area contributed by atoms with Gasteiger partial charge in [-0.1, -0.05) is 6.42 Å². The molecule has 0 atom stereocenters. The molecule has 0 heterocycles. The van der Waals surface area contributed by atoms with Crippen LogP contribution < -0.4 is 16.6 Å². The fourth-order valence-corrected chi connectivity index (χ4v) is 3.80. The molecule has 2 aliphatic rings. The second-order valence-electron chi connectivity index (χ2n) is 6.78. The Hall–Kier alpha value is -1.43. The first-order valence-corrected chi connectivity index (χ1v) is 7.74. The highest BCUT2D eigenvalue weighted by Gasteiger charge is 2.50. The van der Waals surface area contributed by atoms with Gasteiger partial charge in [-0.25, -0.2) is 19.0 Å². The van der Waals surface area contributed by atoms with E-state index in [0.717, 1.165) is 19.3 Å². The van der Waals surface area contributed by atoms with Crippen molar-refractivity contribution in [3.8, 4) is 0 Å². The molecule has 0 aliphatic heterocycles. The van der Waals surface area contributed by atoms with E-state index in [2.05, 4.69) is 0 Å². The van der Waals surface area contributed by atoms with Gasteiger partial charge in [-0.15, -0.1) is 0 Å². The molecule has 6 heteroatoms. The van der Waals surface area contributed by atoms with Gasteiger partial charge in [-0.05, 0) is 55.6 Å². The minimum absolute atomic E-state index is 0.0509. The zero-order chi connectivity index (χ0) is 16.1. The van der Waals surface area contributed by atoms with Gasteiger partial charge in [0.05, 0.1) is 16.9 Å². The smallest absolute Gasteiger partial charge is 0.268 e. The number of nitrogens with two attached hydrogens (primary N) is 2. The number of aryl methyl sites for hydroxylation is 1. The number of hydrogen-bond acceptors (Lipinski definition) is 3. The normalized spacial score (nSPS) is 20.1. The van der Waals surface area contributed by atoms with E-state index < -0.39 is 17.8 Å². The van der Waals surface area contributed by atoms with Gasteiger partial charge in [0.25, 0.3) is 6.43 Å². The highest BCUT2D eigenvalue weighted by molar-refractivity contribution is 5.73. The summed E-state index contributed by atoms with van der Waals surface area (Å²) in [4.78, 5) is 0. The Balaban J connectivity index is 1.94. The van der Waals surface area contributed by atoms with E-state index in [4.69, 9.17) is 11.6 Å². The molecule has 22 heavy (non-hydrogen) atoms. The van der Waals surface area contributed by atoms with Crippen molar-refractivity contribution in [2.24, 2.45) is 17.2 Å². The first-order chi connectivity index (χ1) is 10.4. The number of halogens is 3. The highest BCUT2D eigenvalue weighted by Crippen LogP contribution is 2.57. The molecule has 0 amide bonds. The van der Waals surface area contributed by atoms with Gasteiger partial charge in [-0.3, -0.25) is 0 Å². The van der Waals surface area contributed by atoms with Crippen LogP contribution in [0, 0.1) is 24.1 Å². The summed E-state index contributed by atoms with van der Waals surface area (Å²) in [5, 5.41) is 1.26. The Morgan fingerprint density at radius 2 is 2.00 bits per heavy atom. The molecule has 4 N–H and O–H groups in total. The van der Waals surface area contributed by atoms with Crippen molar-refractivity contribution in [1.82, 2.24) is 0 Å². The van der Waals surface area contributed by atoms with Gasteiger partial charge in [0, 0.05) is 6.54 Å². The topological polar surface area (TPSA) is 55.3 Å². The van der Waals surface area contributed by atoms with E-state index in [-0.39, 0.29) is 22.4 Å². The number of rotatable bonds is 5. The summed E-state index contributed by atoms with van der Waals surface area (Å²) in [7, 11) is 0. The zero-order valence-corrected chi connectivity index (χ0v) is 12.7. The van der Waals surface area contributed by atoms with Crippen molar-refractivity contribution < 1.29 is 13.2 Å². The Bertz CT molecular complexity index is 580.